The molecular formula is C18H14Br2N4O. The van der Waals surface area contributed by atoms with Crippen LogP contribution in [-0.2, 0) is 0 Å². The van der Waals surface area contributed by atoms with E-state index < -0.39 is 6.03 Å². The Morgan fingerprint density at radius 1 is 1.00 bits per heavy atom. The molecule has 0 radical (unpaired) electrons. The Morgan fingerprint density at radius 2 is 1.80 bits per heavy atom. The lowest BCUT2D eigenvalue weighted by Crippen LogP contribution is -2.24. The van der Waals surface area contributed by atoms with Gasteiger partial charge in [-0.25, -0.2) is 10.2 Å². The molecule has 3 rings (SSSR count). The number of amides is 2. The van der Waals surface area contributed by atoms with Crippen molar-refractivity contribution < 1.29 is 4.79 Å². The molecule has 0 atom stereocenters. The molecular weight excluding hydrogens is 448 g/mol. The maximum Gasteiger partial charge on any atom is 0.339 e. The molecule has 0 spiro atoms. The van der Waals surface area contributed by atoms with Gasteiger partial charge in [0.05, 0.1) is 11.9 Å². The summed E-state index contributed by atoms with van der Waals surface area (Å²) < 4.78 is 3.92. The van der Waals surface area contributed by atoms with Crippen molar-refractivity contribution in [1.82, 2.24) is 9.99 Å². The first-order valence-electron chi connectivity index (χ1n) is 7.41. The van der Waals surface area contributed by atoms with Crippen molar-refractivity contribution in [2.75, 3.05) is 5.32 Å². The number of aromatic nitrogens is 1. The molecule has 0 bridgehead atoms. The molecule has 25 heavy (non-hydrogen) atoms. The molecule has 0 aliphatic rings. The minimum absolute atomic E-state index is 0.404. The minimum Gasteiger partial charge on any atom is -0.316 e. The second-order valence-electron chi connectivity index (χ2n) is 5.11. The second kappa shape index (κ2) is 8.13. The number of carbonyl (C=O) groups excluding carboxylic acids is 1. The number of hydrazone groups is 1. The van der Waals surface area contributed by atoms with Gasteiger partial charge in [0.15, 0.2) is 0 Å². The summed E-state index contributed by atoms with van der Waals surface area (Å²) in [4.78, 5) is 11.9. The highest BCUT2D eigenvalue weighted by molar-refractivity contribution is 9.10. The third-order valence-corrected chi connectivity index (χ3v) is 4.35. The number of hydrogen-bond donors (Lipinski definition) is 2. The second-order valence-corrected chi connectivity index (χ2v) is 6.95. The van der Waals surface area contributed by atoms with Gasteiger partial charge >= 0.3 is 6.03 Å². The lowest BCUT2D eigenvalue weighted by atomic mass is 10.3. The largest absolute Gasteiger partial charge is 0.339 e. The predicted molar refractivity (Wildman–Crippen MR) is 107 cm³/mol. The van der Waals surface area contributed by atoms with Gasteiger partial charge in [-0.1, -0.05) is 37.9 Å². The molecule has 0 saturated carbocycles. The lowest BCUT2D eigenvalue weighted by Gasteiger charge is -2.07. The first-order valence-corrected chi connectivity index (χ1v) is 8.99. The zero-order chi connectivity index (χ0) is 17.6. The highest BCUT2D eigenvalue weighted by Crippen LogP contribution is 2.17. The quantitative estimate of drug-likeness (QED) is 0.409. The summed E-state index contributed by atoms with van der Waals surface area (Å²) in [5.41, 5.74) is 5.00. The molecule has 2 amide bonds. The van der Waals surface area contributed by atoms with E-state index in [0.717, 1.165) is 20.3 Å². The van der Waals surface area contributed by atoms with Gasteiger partial charge in [0.2, 0.25) is 0 Å². The average Bonchev–Trinajstić information content (AvgIpc) is 3.05. The molecule has 0 saturated heterocycles. The van der Waals surface area contributed by atoms with Crippen molar-refractivity contribution in [2.45, 2.75) is 0 Å². The average molecular weight is 462 g/mol. The number of rotatable bonds is 4. The van der Waals surface area contributed by atoms with E-state index in [-0.39, 0.29) is 0 Å². The molecule has 2 aromatic carbocycles. The van der Waals surface area contributed by atoms with Gasteiger partial charge in [0.1, 0.15) is 0 Å². The number of anilines is 1. The molecule has 0 unspecified atom stereocenters. The highest BCUT2D eigenvalue weighted by Gasteiger charge is 2.03. The number of carbonyl (C=O) groups is 1. The Morgan fingerprint density at radius 3 is 2.56 bits per heavy atom. The summed E-state index contributed by atoms with van der Waals surface area (Å²) in [6, 6.07) is 18.7. The van der Waals surface area contributed by atoms with E-state index in [4.69, 9.17) is 0 Å². The fraction of sp³-hybridized carbons (Fsp3) is 0. The summed E-state index contributed by atoms with van der Waals surface area (Å²) >= 11 is 6.81. The molecule has 5 nitrogen and oxygen atoms in total. The maximum atomic E-state index is 11.9. The number of benzene rings is 2. The Balaban J connectivity index is 1.64. The maximum absolute atomic E-state index is 11.9. The number of hydrogen-bond acceptors (Lipinski definition) is 2. The normalized spacial score (nSPS) is 10.8. The van der Waals surface area contributed by atoms with E-state index in [1.54, 1.807) is 18.3 Å². The van der Waals surface area contributed by atoms with Crippen molar-refractivity contribution in [3.63, 3.8) is 0 Å². The minimum atomic E-state index is -0.404. The van der Waals surface area contributed by atoms with E-state index in [9.17, 15) is 4.79 Å². The van der Waals surface area contributed by atoms with Gasteiger partial charge in [0.25, 0.3) is 0 Å². The Labute approximate surface area is 162 Å². The Hall–Kier alpha value is -2.38. The summed E-state index contributed by atoms with van der Waals surface area (Å²) in [6.45, 7) is 0. The molecule has 1 heterocycles. The first kappa shape index (κ1) is 17.4. The van der Waals surface area contributed by atoms with E-state index in [1.807, 2.05) is 59.3 Å². The SMILES string of the molecule is O=C(N/N=C/c1cccn1-c1cccc(Br)c1)Nc1ccc(Br)cc1. The summed E-state index contributed by atoms with van der Waals surface area (Å²) in [5.74, 6) is 0. The molecule has 2 N–H and O–H groups in total. The lowest BCUT2D eigenvalue weighted by molar-refractivity contribution is 0.252. The van der Waals surface area contributed by atoms with Gasteiger partial charge in [-0.15, -0.1) is 0 Å². The van der Waals surface area contributed by atoms with Crippen LogP contribution in [0.25, 0.3) is 5.69 Å². The van der Waals surface area contributed by atoms with Crippen LogP contribution in [0.3, 0.4) is 0 Å². The Bertz CT molecular complexity index is 903. The molecule has 7 heteroatoms. The van der Waals surface area contributed by atoms with Gasteiger partial charge in [-0.2, -0.15) is 5.10 Å². The molecule has 3 aromatic rings. The topological polar surface area (TPSA) is 58.4 Å². The van der Waals surface area contributed by atoms with Gasteiger partial charge in [-0.3, -0.25) is 0 Å². The smallest absolute Gasteiger partial charge is 0.316 e. The standard InChI is InChI=1S/C18H14Br2N4O/c19-13-6-8-15(9-7-13)22-18(25)23-21-12-17-5-2-10-24(17)16-4-1-3-14(20)11-16/h1-12H,(H2,22,23,25)/b21-12+. The van der Waals surface area contributed by atoms with Crippen LogP contribution in [0.2, 0.25) is 0 Å². The van der Waals surface area contributed by atoms with Crippen molar-refractivity contribution in [3.05, 3.63) is 81.5 Å². The van der Waals surface area contributed by atoms with Crippen LogP contribution in [0.5, 0.6) is 0 Å². The zero-order valence-electron chi connectivity index (χ0n) is 13.0. The zero-order valence-corrected chi connectivity index (χ0v) is 16.2. The monoisotopic (exact) mass is 460 g/mol. The fourth-order valence-electron chi connectivity index (χ4n) is 2.21. The van der Waals surface area contributed by atoms with Crippen LogP contribution in [0, 0.1) is 0 Å². The predicted octanol–water partition coefficient (Wildman–Crippen LogP) is 5.16. The molecule has 0 aliphatic carbocycles. The first-order chi connectivity index (χ1) is 12.1. The van der Waals surface area contributed by atoms with Crippen LogP contribution in [0.1, 0.15) is 5.69 Å². The van der Waals surface area contributed by atoms with Crippen LogP contribution in [-0.4, -0.2) is 16.8 Å². The Kier molecular flexibility index (Phi) is 5.67. The highest BCUT2D eigenvalue weighted by atomic mass is 79.9. The van der Waals surface area contributed by atoms with Crippen molar-refractivity contribution in [1.29, 1.82) is 0 Å². The van der Waals surface area contributed by atoms with Crippen molar-refractivity contribution >= 4 is 49.8 Å². The third kappa shape index (κ3) is 4.80. The third-order valence-electron chi connectivity index (χ3n) is 3.33. The van der Waals surface area contributed by atoms with E-state index in [0.29, 0.717) is 5.69 Å². The molecule has 0 aliphatic heterocycles. The van der Waals surface area contributed by atoms with Crippen molar-refractivity contribution in [3.8, 4) is 5.69 Å². The number of halogens is 2. The van der Waals surface area contributed by atoms with E-state index >= 15 is 0 Å². The van der Waals surface area contributed by atoms with Gasteiger partial charge < -0.3 is 9.88 Å². The van der Waals surface area contributed by atoms with E-state index in [1.165, 1.54) is 0 Å². The van der Waals surface area contributed by atoms with Gasteiger partial charge in [-0.05, 0) is 54.6 Å². The van der Waals surface area contributed by atoms with Crippen LogP contribution in [0.15, 0.2) is 80.9 Å². The molecule has 126 valence electrons. The van der Waals surface area contributed by atoms with E-state index in [2.05, 4.69) is 47.7 Å². The van der Waals surface area contributed by atoms with Crippen LogP contribution >= 0.6 is 31.9 Å². The summed E-state index contributed by atoms with van der Waals surface area (Å²) in [6.07, 6.45) is 3.53. The van der Waals surface area contributed by atoms with Crippen LogP contribution < -0.4 is 10.7 Å². The molecule has 0 fully saturated rings. The number of urea groups is 1. The van der Waals surface area contributed by atoms with Gasteiger partial charge in [0, 0.05) is 26.5 Å². The number of nitrogens with zero attached hydrogens (tertiary/aromatic N) is 2. The molecule has 1 aromatic heterocycles. The van der Waals surface area contributed by atoms with Crippen molar-refractivity contribution in [2.24, 2.45) is 5.10 Å². The fourth-order valence-corrected chi connectivity index (χ4v) is 2.86. The van der Waals surface area contributed by atoms with Crippen LogP contribution in [0.4, 0.5) is 10.5 Å². The summed E-state index contributed by atoms with van der Waals surface area (Å²) in [5, 5.41) is 6.71. The summed E-state index contributed by atoms with van der Waals surface area (Å²) in [7, 11) is 0. The number of nitrogens with one attached hydrogen (secondary N) is 2.